The normalized spacial score (nSPS) is 9.80. The third-order valence-corrected chi connectivity index (χ3v) is 1.44. The Morgan fingerprint density at radius 1 is 1.20 bits per heavy atom. The van der Waals surface area contributed by atoms with Crippen molar-refractivity contribution in [3.8, 4) is 0 Å². The Labute approximate surface area is 60.1 Å². The molecule has 0 aliphatic rings. The molecule has 0 fully saturated rings. The fraction of sp³-hybridized carbons (Fsp3) is 0.286. The van der Waals surface area contributed by atoms with Gasteiger partial charge in [-0.25, -0.2) is 0 Å². The van der Waals surface area contributed by atoms with Gasteiger partial charge in [-0.3, -0.25) is 4.98 Å². The molecule has 0 radical (unpaired) electrons. The zero-order chi connectivity index (χ0) is 7.40. The van der Waals surface area contributed by atoms with Crippen LogP contribution < -0.4 is 11.5 Å². The lowest BCUT2D eigenvalue weighted by atomic mass is 10.1. The largest absolute Gasteiger partial charge is 0.326 e. The standard InChI is InChI=1S/C7H11N3/c8-3-6-1-2-10-5-7(6)4-9/h1-2,5H,3-4,8-9H2. The zero-order valence-corrected chi connectivity index (χ0v) is 5.75. The van der Waals surface area contributed by atoms with Gasteiger partial charge in [0.15, 0.2) is 0 Å². The second kappa shape index (κ2) is 3.29. The average molecular weight is 137 g/mol. The average Bonchev–Trinajstić information content (AvgIpc) is 2.04. The SMILES string of the molecule is NCc1ccncc1CN. The van der Waals surface area contributed by atoms with Gasteiger partial charge >= 0.3 is 0 Å². The van der Waals surface area contributed by atoms with Crippen LogP contribution in [0.25, 0.3) is 0 Å². The lowest BCUT2D eigenvalue weighted by Gasteiger charge is -2.01. The van der Waals surface area contributed by atoms with Crippen LogP contribution in [0.5, 0.6) is 0 Å². The van der Waals surface area contributed by atoms with Crippen LogP contribution in [0, 0.1) is 0 Å². The first kappa shape index (κ1) is 7.18. The number of hydrogen-bond acceptors (Lipinski definition) is 3. The summed E-state index contributed by atoms with van der Waals surface area (Å²) in [5.41, 5.74) is 13.0. The van der Waals surface area contributed by atoms with Crippen LogP contribution >= 0.6 is 0 Å². The van der Waals surface area contributed by atoms with E-state index >= 15 is 0 Å². The van der Waals surface area contributed by atoms with Crippen LogP contribution in [0.4, 0.5) is 0 Å². The van der Waals surface area contributed by atoms with Crippen molar-refractivity contribution < 1.29 is 0 Å². The Morgan fingerprint density at radius 2 is 1.90 bits per heavy atom. The van der Waals surface area contributed by atoms with Gasteiger partial charge in [-0.05, 0) is 17.2 Å². The molecule has 1 heterocycles. The van der Waals surface area contributed by atoms with E-state index in [-0.39, 0.29) is 0 Å². The van der Waals surface area contributed by atoms with E-state index in [0.29, 0.717) is 13.1 Å². The minimum atomic E-state index is 0.514. The van der Waals surface area contributed by atoms with Crippen LogP contribution in [0.15, 0.2) is 18.5 Å². The summed E-state index contributed by atoms with van der Waals surface area (Å²) < 4.78 is 0. The maximum absolute atomic E-state index is 5.44. The summed E-state index contributed by atoms with van der Waals surface area (Å²) in [7, 11) is 0. The van der Waals surface area contributed by atoms with Crippen molar-refractivity contribution in [1.29, 1.82) is 0 Å². The van der Waals surface area contributed by atoms with Crippen LogP contribution in [0.1, 0.15) is 11.1 Å². The fourth-order valence-corrected chi connectivity index (χ4v) is 0.839. The van der Waals surface area contributed by atoms with Crippen LogP contribution in [0.3, 0.4) is 0 Å². The van der Waals surface area contributed by atoms with Gasteiger partial charge in [0.2, 0.25) is 0 Å². The highest BCUT2D eigenvalue weighted by molar-refractivity contribution is 5.22. The molecule has 54 valence electrons. The second-order valence-corrected chi connectivity index (χ2v) is 2.05. The lowest BCUT2D eigenvalue weighted by molar-refractivity contribution is 0.962. The molecule has 0 unspecified atom stereocenters. The molecule has 0 aliphatic carbocycles. The fourth-order valence-electron chi connectivity index (χ4n) is 0.839. The minimum Gasteiger partial charge on any atom is -0.326 e. The van der Waals surface area contributed by atoms with Crippen molar-refractivity contribution in [3.63, 3.8) is 0 Å². The van der Waals surface area contributed by atoms with Gasteiger partial charge in [0.25, 0.3) is 0 Å². The molecule has 0 saturated carbocycles. The highest BCUT2D eigenvalue weighted by Gasteiger charge is 1.95. The summed E-state index contributed by atoms with van der Waals surface area (Å²) in [5, 5.41) is 0. The number of rotatable bonds is 2. The Bertz CT molecular complexity index is 187. The van der Waals surface area contributed by atoms with E-state index in [1.54, 1.807) is 12.4 Å². The monoisotopic (exact) mass is 137 g/mol. The molecule has 0 atom stereocenters. The second-order valence-electron chi connectivity index (χ2n) is 2.05. The number of nitrogens with two attached hydrogens (primary N) is 2. The van der Waals surface area contributed by atoms with Crippen LogP contribution in [-0.4, -0.2) is 4.98 Å². The van der Waals surface area contributed by atoms with E-state index in [4.69, 9.17) is 11.5 Å². The first-order valence-electron chi connectivity index (χ1n) is 3.20. The predicted molar refractivity (Wildman–Crippen MR) is 40.0 cm³/mol. The van der Waals surface area contributed by atoms with Gasteiger partial charge in [-0.15, -0.1) is 0 Å². The maximum atomic E-state index is 5.44. The van der Waals surface area contributed by atoms with E-state index < -0.39 is 0 Å². The van der Waals surface area contributed by atoms with E-state index in [0.717, 1.165) is 11.1 Å². The summed E-state index contributed by atoms with van der Waals surface area (Å²) in [6, 6.07) is 1.89. The smallest absolute Gasteiger partial charge is 0.0316 e. The van der Waals surface area contributed by atoms with Gasteiger partial charge in [0.1, 0.15) is 0 Å². The molecule has 0 spiro atoms. The minimum absolute atomic E-state index is 0.514. The summed E-state index contributed by atoms with van der Waals surface area (Å²) >= 11 is 0. The third-order valence-electron chi connectivity index (χ3n) is 1.44. The number of hydrogen-bond donors (Lipinski definition) is 2. The van der Waals surface area contributed by atoms with E-state index in [1.807, 2.05) is 6.07 Å². The Balaban J connectivity index is 2.96. The number of pyridine rings is 1. The summed E-state index contributed by atoms with van der Waals surface area (Å²) in [4.78, 5) is 3.93. The zero-order valence-electron chi connectivity index (χ0n) is 5.75. The quantitative estimate of drug-likeness (QED) is 0.603. The summed E-state index contributed by atoms with van der Waals surface area (Å²) in [6.45, 7) is 1.05. The topological polar surface area (TPSA) is 64.9 Å². The van der Waals surface area contributed by atoms with Crippen LogP contribution in [-0.2, 0) is 13.1 Å². The molecular weight excluding hydrogens is 126 g/mol. The van der Waals surface area contributed by atoms with Crippen molar-refractivity contribution in [3.05, 3.63) is 29.6 Å². The lowest BCUT2D eigenvalue weighted by Crippen LogP contribution is -2.05. The van der Waals surface area contributed by atoms with Gasteiger partial charge < -0.3 is 11.5 Å². The van der Waals surface area contributed by atoms with Crippen molar-refractivity contribution in [2.24, 2.45) is 11.5 Å². The molecular formula is C7H11N3. The Morgan fingerprint density at radius 3 is 2.40 bits per heavy atom. The van der Waals surface area contributed by atoms with Gasteiger partial charge in [-0.2, -0.15) is 0 Å². The summed E-state index contributed by atoms with van der Waals surface area (Å²) in [5.74, 6) is 0. The predicted octanol–water partition coefficient (Wildman–Crippen LogP) is -0.00100. The Hall–Kier alpha value is -0.930. The number of aromatic nitrogens is 1. The van der Waals surface area contributed by atoms with E-state index in [9.17, 15) is 0 Å². The molecule has 1 aromatic heterocycles. The van der Waals surface area contributed by atoms with Crippen molar-refractivity contribution >= 4 is 0 Å². The molecule has 1 rings (SSSR count). The van der Waals surface area contributed by atoms with Gasteiger partial charge in [0, 0.05) is 25.5 Å². The van der Waals surface area contributed by atoms with E-state index in [2.05, 4.69) is 4.98 Å². The molecule has 0 bridgehead atoms. The molecule has 0 aliphatic heterocycles. The first-order chi connectivity index (χ1) is 4.88. The number of nitrogens with zero attached hydrogens (tertiary/aromatic N) is 1. The highest BCUT2D eigenvalue weighted by atomic mass is 14.6. The first-order valence-corrected chi connectivity index (χ1v) is 3.20. The molecule has 0 saturated heterocycles. The van der Waals surface area contributed by atoms with Crippen molar-refractivity contribution in [2.45, 2.75) is 13.1 Å². The molecule has 0 amide bonds. The molecule has 10 heavy (non-hydrogen) atoms. The third kappa shape index (κ3) is 1.32. The molecule has 4 N–H and O–H groups in total. The molecule has 1 aromatic rings. The Kier molecular flexibility index (Phi) is 2.36. The molecule has 3 heteroatoms. The van der Waals surface area contributed by atoms with Crippen molar-refractivity contribution in [2.75, 3.05) is 0 Å². The van der Waals surface area contributed by atoms with Crippen molar-refractivity contribution in [1.82, 2.24) is 4.98 Å². The molecule has 3 nitrogen and oxygen atoms in total. The van der Waals surface area contributed by atoms with E-state index in [1.165, 1.54) is 0 Å². The van der Waals surface area contributed by atoms with Gasteiger partial charge in [-0.1, -0.05) is 0 Å². The van der Waals surface area contributed by atoms with Crippen LogP contribution in [0.2, 0.25) is 0 Å². The summed E-state index contributed by atoms with van der Waals surface area (Å²) in [6.07, 6.45) is 3.48. The van der Waals surface area contributed by atoms with Gasteiger partial charge in [0.05, 0.1) is 0 Å². The highest BCUT2D eigenvalue weighted by Crippen LogP contribution is 2.03. The maximum Gasteiger partial charge on any atom is 0.0316 e. The molecule has 0 aromatic carbocycles.